The fraction of sp³-hybridized carbons (Fsp3) is 0.308. The lowest BCUT2D eigenvalue weighted by Gasteiger charge is -2.09. The van der Waals surface area contributed by atoms with Crippen molar-refractivity contribution in [2.45, 2.75) is 6.92 Å². The first-order chi connectivity index (χ1) is 9.63. The number of benzene rings is 1. The molecule has 1 unspecified atom stereocenters. The van der Waals surface area contributed by atoms with Crippen molar-refractivity contribution in [2.75, 3.05) is 23.4 Å². The van der Waals surface area contributed by atoms with Crippen LogP contribution in [0.25, 0.3) is 10.8 Å². The van der Waals surface area contributed by atoms with Crippen LogP contribution in [0, 0.1) is 10.1 Å². The maximum absolute atomic E-state index is 11.4. The molecule has 1 heterocycles. The highest BCUT2D eigenvalue weighted by molar-refractivity contribution is 7.84. The number of rotatable bonds is 6. The second-order valence-electron chi connectivity index (χ2n) is 4.17. The average Bonchev–Trinajstić information content (AvgIpc) is 2.46. The summed E-state index contributed by atoms with van der Waals surface area (Å²) in [5.41, 5.74) is 0.830. The number of nitrogens with one attached hydrogen (secondary N) is 1. The van der Waals surface area contributed by atoms with E-state index in [9.17, 15) is 14.3 Å². The lowest BCUT2D eigenvalue weighted by atomic mass is 10.1. The third-order valence-corrected chi connectivity index (χ3v) is 4.26. The fourth-order valence-electron chi connectivity index (χ4n) is 1.93. The minimum Gasteiger partial charge on any atom is -0.384 e. The molecule has 0 bridgehead atoms. The minimum atomic E-state index is -0.832. The van der Waals surface area contributed by atoms with Gasteiger partial charge in [0.25, 0.3) is 5.69 Å². The molecule has 106 valence electrons. The van der Waals surface area contributed by atoms with Gasteiger partial charge in [0.05, 0.1) is 10.3 Å². The molecule has 2 aromatic rings. The number of aromatic nitrogens is 1. The molecule has 20 heavy (non-hydrogen) atoms. The van der Waals surface area contributed by atoms with Crippen molar-refractivity contribution in [1.29, 1.82) is 0 Å². The van der Waals surface area contributed by atoms with Crippen LogP contribution in [0.2, 0.25) is 0 Å². The van der Waals surface area contributed by atoms with E-state index in [0.717, 1.165) is 5.69 Å². The van der Waals surface area contributed by atoms with Gasteiger partial charge in [-0.05, 0) is 12.1 Å². The van der Waals surface area contributed by atoms with Gasteiger partial charge in [-0.25, -0.2) is 0 Å². The molecule has 0 saturated carbocycles. The summed E-state index contributed by atoms with van der Waals surface area (Å²) in [5, 5.41) is 15.4. The van der Waals surface area contributed by atoms with Crippen molar-refractivity contribution in [1.82, 2.24) is 4.98 Å². The summed E-state index contributed by atoms with van der Waals surface area (Å²) in [6.07, 6.45) is 3.13. The monoisotopic (exact) mass is 293 g/mol. The average molecular weight is 293 g/mol. The standard InChI is InChI=1S/C13H15N3O3S/c1-2-20(19)8-7-15-12-3-4-13(16(17)18)10-5-6-14-9-11(10)12/h3-6,9,15H,2,7-8H2,1H3. The third-order valence-electron chi connectivity index (χ3n) is 2.96. The third kappa shape index (κ3) is 3.11. The second kappa shape index (κ2) is 6.42. The van der Waals surface area contributed by atoms with Crippen molar-refractivity contribution >= 4 is 32.9 Å². The van der Waals surface area contributed by atoms with Crippen molar-refractivity contribution in [3.8, 4) is 0 Å². The van der Waals surface area contributed by atoms with Gasteiger partial charge in [-0.2, -0.15) is 0 Å². The largest absolute Gasteiger partial charge is 0.384 e. The van der Waals surface area contributed by atoms with Gasteiger partial charge in [-0.1, -0.05) is 6.92 Å². The summed E-state index contributed by atoms with van der Waals surface area (Å²) < 4.78 is 11.4. The van der Waals surface area contributed by atoms with E-state index in [0.29, 0.717) is 28.8 Å². The first-order valence-corrected chi connectivity index (χ1v) is 7.72. The molecule has 0 aliphatic heterocycles. The first kappa shape index (κ1) is 14.4. The molecule has 0 aliphatic carbocycles. The molecule has 7 heteroatoms. The smallest absolute Gasteiger partial charge is 0.277 e. The van der Waals surface area contributed by atoms with Gasteiger partial charge in [0, 0.05) is 58.4 Å². The van der Waals surface area contributed by atoms with Crippen molar-refractivity contribution in [3.05, 3.63) is 40.7 Å². The molecule has 0 fully saturated rings. The summed E-state index contributed by atoms with van der Waals surface area (Å²) in [6, 6.07) is 4.77. The highest BCUT2D eigenvalue weighted by Gasteiger charge is 2.13. The van der Waals surface area contributed by atoms with E-state index in [1.165, 1.54) is 12.3 Å². The number of pyridine rings is 1. The fourth-order valence-corrected chi connectivity index (χ4v) is 2.55. The van der Waals surface area contributed by atoms with Gasteiger partial charge in [-0.15, -0.1) is 0 Å². The van der Waals surface area contributed by atoms with E-state index < -0.39 is 15.7 Å². The number of non-ortho nitro benzene ring substituents is 1. The highest BCUT2D eigenvalue weighted by atomic mass is 32.2. The van der Waals surface area contributed by atoms with E-state index in [-0.39, 0.29) is 5.69 Å². The molecule has 0 amide bonds. The van der Waals surface area contributed by atoms with Crippen LogP contribution in [-0.2, 0) is 10.8 Å². The molecule has 1 N–H and O–H groups in total. The minimum absolute atomic E-state index is 0.0603. The zero-order valence-electron chi connectivity index (χ0n) is 11.0. The van der Waals surface area contributed by atoms with Crippen LogP contribution in [-0.4, -0.2) is 32.2 Å². The SMILES string of the molecule is CCS(=O)CCNc1ccc([N+](=O)[O-])c2ccncc12. The van der Waals surface area contributed by atoms with Crippen molar-refractivity contribution < 1.29 is 9.13 Å². The summed E-state index contributed by atoms with van der Waals surface area (Å²) >= 11 is 0. The predicted octanol–water partition coefficient (Wildman–Crippen LogP) is 2.32. The molecule has 0 spiro atoms. The van der Waals surface area contributed by atoms with E-state index in [2.05, 4.69) is 10.3 Å². The Kier molecular flexibility index (Phi) is 4.62. The zero-order chi connectivity index (χ0) is 14.5. The van der Waals surface area contributed by atoms with Gasteiger partial charge in [0.1, 0.15) is 0 Å². The Hall–Kier alpha value is -2.02. The van der Waals surface area contributed by atoms with Crippen LogP contribution in [0.4, 0.5) is 11.4 Å². The lowest BCUT2D eigenvalue weighted by Crippen LogP contribution is -2.12. The maximum Gasteiger partial charge on any atom is 0.277 e. The van der Waals surface area contributed by atoms with E-state index in [4.69, 9.17) is 0 Å². The molecule has 0 radical (unpaired) electrons. The van der Waals surface area contributed by atoms with Gasteiger partial charge in [0.2, 0.25) is 0 Å². The van der Waals surface area contributed by atoms with Gasteiger partial charge in [0.15, 0.2) is 0 Å². The number of anilines is 1. The topological polar surface area (TPSA) is 85.1 Å². The van der Waals surface area contributed by atoms with Gasteiger partial charge < -0.3 is 5.32 Å². The Bertz CT molecular complexity index is 660. The van der Waals surface area contributed by atoms with E-state index in [1.54, 1.807) is 18.3 Å². The van der Waals surface area contributed by atoms with Gasteiger partial charge in [-0.3, -0.25) is 19.3 Å². The first-order valence-electron chi connectivity index (χ1n) is 6.23. The molecular formula is C13H15N3O3S. The predicted molar refractivity (Wildman–Crippen MR) is 80.4 cm³/mol. The van der Waals surface area contributed by atoms with E-state index >= 15 is 0 Å². The zero-order valence-corrected chi connectivity index (χ0v) is 11.9. The lowest BCUT2D eigenvalue weighted by molar-refractivity contribution is -0.383. The Morgan fingerprint density at radius 3 is 2.85 bits per heavy atom. The molecule has 2 rings (SSSR count). The maximum atomic E-state index is 11.4. The van der Waals surface area contributed by atoms with Crippen LogP contribution in [0.3, 0.4) is 0 Å². The summed E-state index contributed by atoms with van der Waals surface area (Å²) in [5.74, 6) is 1.18. The molecule has 1 aromatic heterocycles. The molecular weight excluding hydrogens is 278 g/mol. The number of nitro benzene ring substituents is 1. The van der Waals surface area contributed by atoms with Crippen LogP contribution in [0.15, 0.2) is 30.6 Å². The quantitative estimate of drug-likeness (QED) is 0.652. The van der Waals surface area contributed by atoms with E-state index in [1.807, 2.05) is 6.92 Å². The number of nitrogens with zero attached hydrogens (tertiary/aromatic N) is 2. The van der Waals surface area contributed by atoms with Crippen LogP contribution >= 0.6 is 0 Å². The van der Waals surface area contributed by atoms with Crippen LogP contribution < -0.4 is 5.32 Å². The number of hydrogen-bond donors (Lipinski definition) is 1. The van der Waals surface area contributed by atoms with Gasteiger partial charge >= 0.3 is 0 Å². The molecule has 1 atom stereocenters. The number of fused-ring (bicyclic) bond motifs is 1. The summed E-state index contributed by atoms with van der Waals surface area (Å²) in [7, 11) is -0.832. The Labute approximate surface area is 118 Å². The summed E-state index contributed by atoms with van der Waals surface area (Å²) in [4.78, 5) is 14.6. The van der Waals surface area contributed by atoms with Crippen molar-refractivity contribution in [3.63, 3.8) is 0 Å². The Balaban J connectivity index is 2.29. The number of hydrogen-bond acceptors (Lipinski definition) is 5. The van der Waals surface area contributed by atoms with Crippen LogP contribution in [0.5, 0.6) is 0 Å². The number of nitro groups is 1. The normalized spacial score (nSPS) is 12.2. The highest BCUT2D eigenvalue weighted by Crippen LogP contribution is 2.30. The van der Waals surface area contributed by atoms with Crippen molar-refractivity contribution in [2.24, 2.45) is 0 Å². The molecule has 0 saturated heterocycles. The molecule has 6 nitrogen and oxygen atoms in total. The molecule has 0 aliphatic rings. The molecule has 1 aromatic carbocycles. The van der Waals surface area contributed by atoms with Crippen LogP contribution in [0.1, 0.15) is 6.92 Å². The summed E-state index contributed by atoms with van der Waals surface area (Å²) in [6.45, 7) is 2.43. The second-order valence-corrected chi connectivity index (χ2v) is 6.04. The Morgan fingerprint density at radius 2 is 2.15 bits per heavy atom. The Morgan fingerprint density at radius 1 is 1.35 bits per heavy atom.